The molecule has 1 heterocycles. The van der Waals surface area contributed by atoms with Crippen molar-refractivity contribution in [3.63, 3.8) is 0 Å². The van der Waals surface area contributed by atoms with Crippen LogP contribution in [0.2, 0.25) is 0 Å². The van der Waals surface area contributed by atoms with Crippen LogP contribution in [0.3, 0.4) is 0 Å². The molecule has 5 heteroatoms. The molecule has 1 aliphatic carbocycles. The van der Waals surface area contributed by atoms with E-state index in [9.17, 15) is 0 Å². The second-order valence-electron chi connectivity index (χ2n) is 6.95. The van der Waals surface area contributed by atoms with E-state index in [2.05, 4.69) is 48.5 Å². The Hall–Kier alpha value is -1.49. The molecule has 2 unspecified atom stereocenters. The van der Waals surface area contributed by atoms with Gasteiger partial charge in [-0.1, -0.05) is 19.8 Å². The molecule has 0 radical (unpaired) electrons. The van der Waals surface area contributed by atoms with Crippen LogP contribution in [-0.2, 0) is 6.54 Å². The number of likely N-dealkylation sites (N-methyl/N-ethyl adjacent to an activating group) is 1. The summed E-state index contributed by atoms with van der Waals surface area (Å²) < 4.78 is 5.36. The first-order valence-corrected chi connectivity index (χ1v) is 8.78. The van der Waals surface area contributed by atoms with Crippen LogP contribution in [0.25, 0.3) is 0 Å². The van der Waals surface area contributed by atoms with Gasteiger partial charge in [-0.25, -0.2) is 4.99 Å². The van der Waals surface area contributed by atoms with Crippen LogP contribution >= 0.6 is 0 Å². The number of nitrogens with zero attached hydrogens (tertiary/aromatic N) is 2. The summed E-state index contributed by atoms with van der Waals surface area (Å²) in [7, 11) is 4.40. The standard InChI is InChI=1S/C18H32N4O/c1-5-19-17(20-13-16-9-7-11-23-16)21-14-18(22(3)4)10-6-8-15(2)12-18/h7,9,11,15H,5-6,8,10,12-14H2,1-4H3,(H2,19,20,21). The summed E-state index contributed by atoms with van der Waals surface area (Å²) in [4.78, 5) is 7.03. The van der Waals surface area contributed by atoms with E-state index in [4.69, 9.17) is 4.42 Å². The number of hydrogen-bond acceptors (Lipinski definition) is 3. The maximum absolute atomic E-state index is 5.36. The Morgan fingerprint density at radius 2 is 2.26 bits per heavy atom. The van der Waals surface area contributed by atoms with Gasteiger partial charge in [0, 0.05) is 18.6 Å². The Morgan fingerprint density at radius 3 is 2.87 bits per heavy atom. The lowest BCUT2D eigenvalue weighted by atomic mass is 9.75. The third-order valence-electron chi connectivity index (χ3n) is 4.92. The quantitative estimate of drug-likeness (QED) is 0.625. The molecule has 0 aromatic carbocycles. The van der Waals surface area contributed by atoms with E-state index in [1.807, 2.05) is 12.1 Å². The van der Waals surface area contributed by atoms with Crippen molar-refractivity contribution in [3.05, 3.63) is 24.2 Å². The van der Waals surface area contributed by atoms with Crippen molar-refractivity contribution >= 4 is 5.96 Å². The Labute approximate surface area is 140 Å². The van der Waals surface area contributed by atoms with Gasteiger partial charge in [0.15, 0.2) is 5.96 Å². The minimum Gasteiger partial charge on any atom is -0.467 e. The summed E-state index contributed by atoms with van der Waals surface area (Å²) in [6.07, 6.45) is 6.83. The lowest BCUT2D eigenvalue weighted by Crippen LogP contribution is -2.56. The van der Waals surface area contributed by atoms with E-state index in [1.165, 1.54) is 25.7 Å². The first-order chi connectivity index (χ1) is 11.1. The van der Waals surface area contributed by atoms with Crippen molar-refractivity contribution in [1.82, 2.24) is 15.5 Å². The number of hydrogen-bond donors (Lipinski definition) is 2. The number of nitrogens with one attached hydrogen (secondary N) is 2. The van der Waals surface area contributed by atoms with Crippen molar-refractivity contribution in [3.8, 4) is 0 Å². The number of furan rings is 1. The van der Waals surface area contributed by atoms with Crippen LogP contribution in [-0.4, -0.2) is 43.6 Å². The monoisotopic (exact) mass is 320 g/mol. The first-order valence-electron chi connectivity index (χ1n) is 8.78. The topological polar surface area (TPSA) is 52.8 Å². The maximum atomic E-state index is 5.36. The highest BCUT2D eigenvalue weighted by Crippen LogP contribution is 2.35. The SMILES string of the molecule is CCNC(=NCc1ccco1)NCC1(N(C)C)CCCC(C)C1. The van der Waals surface area contributed by atoms with Crippen LogP contribution in [0.4, 0.5) is 0 Å². The van der Waals surface area contributed by atoms with Gasteiger partial charge in [-0.15, -0.1) is 0 Å². The lowest BCUT2D eigenvalue weighted by Gasteiger charge is -2.45. The van der Waals surface area contributed by atoms with Crippen molar-refractivity contribution in [2.45, 2.75) is 51.6 Å². The van der Waals surface area contributed by atoms with Gasteiger partial charge in [0.2, 0.25) is 0 Å². The first kappa shape index (κ1) is 17.9. The normalized spacial score (nSPS) is 25.6. The molecule has 0 bridgehead atoms. The molecule has 0 saturated heterocycles. The fraction of sp³-hybridized carbons (Fsp3) is 0.722. The van der Waals surface area contributed by atoms with Crippen LogP contribution in [0.5, 0.6) is 0 Å². The Morgan fingerprint density at radius 1 is 1.43 bits per heavy atom. The summed E-state index contributed by atoms with van der Waals surface area (Å²) in [5.74, 6) is 2.54. The minimum atomic E-state index is 0.221. The highest BCUT2D eigenvalue weighted by atomic mass is 16.3. The molecule has 1 aromatic rings. The molecular formula is C18H32N4O. The van der Waals surface area contributed by atoms with Gasteiger partial charge in [0.1, 0.15) is 12.3 Å². The lowest BCUT2D eigenvalue weighted by molar-refractivity contribution is 0.0795. The van der Waals surface area contributed by atoms with Crippen molar-refractivity contribution < 1.29 is 4.42 Å². The number of guanidine groups is 1. The molecule has 1 aliphatic rings. The predicted molar refractivity (Wildman–Crippen MR) is 95.6 cm³/mol. The van der Waals surface area contributed by atoms with Gasteiger partial charge < -0.3 is 20.0 Å². The van der Waals surface area contributed by atoms with E-state index >= 15 is 0 Å². The summed E-state index contributed by atoms with van der Waals surface area (Å²) in [5.41, 5.74) is 0.221. The smallest absolute Gasteiger partial charge is 0.191 e. The third-order valence-corrected chi connectivity index (χ3v) is 4.92. The summed E-state index contributed by atoms with van der Waals surface area (Å²) in [5, 5.41) is 6.88. The van der Waals surface area contributed by atoms with E-state index in [1.54, 1.807) is 6.26 Å². The Balaban J connectivity index is 1.99. The van der Waals surface area contributed by atoms with E-state index in [-0.39, 0.29) is 5.54 Å². The zero-order chi connectivity index (χ0) is 16.7. The van der Waals surface area contributed by atoms with Crippen molar-refractivity contribution in [1.29, 1.82) is 0 Å². The van der Waals surface area contributed by atoms with E-state index < -0.39 is 0 Å². The fourth-order valence-corrected chi connectivity index (χ4v) is 3.51. The summed E-state index contributed by atoms with van der Waals surface area (Å²) >= 11 is 0. The summed E-state index contributed by atoms with van der Waals surface area (Å²) in [6.45, 7) is 6.81. The minimum absolute atomic E-state index is 0.221. The van der Waals surface area contributed by atoms with E-state index in [0.717, 1.165) is 30.7 Å². The van der Waals surface area contributed by atoms with Gasteiger partial charge >= 0.3 is 0 Å². The molecule has 130 valence electrons. The second kappa shape index (κ2) is 8.39. The zero-order valence-electron chi connectivity index (χ0n) is 15.1. The highest BCUT2D eigenvalue weighted by molar-refractivity contribution is 5.79. The molecule has 0 amide bonds. The summed E-state index contributed by atoms with van der Waals surface area (Å²) in [6, 6.07) is 3.85. The molecule has 0 aliphatic heterocycles. The predicted octanol–water partition coefficient (Wildman–Crippen LogP) is 2.85. The van der Waals surface area contributed by atoms with Crippen LogP contribution < -0.4 is 10.6 Å². The molecule has 1 aromatic heterocycles. The molecular weight excluding hydrogens is 288 g/mol. The molecule has 1 fully saturated rings. The van der Waals surface area contributed by atoms with Gasteiger partial charge in [-0.05, 0) is 51.9 Å². The third kappa shape index (κ3) is 4.99. The molecule has 5 nitrogen and oxygen atoms in total. The van der Waals surface area contributed by atoms with Crippen LogP contribution in [0, 0.1) is 5.92 Å². The van der Waals surface area contributed by atoms with Crippen LogP contribution in [0.15, 0.2) is 27.8 Å². The largest absolute Gasteiger partial charge is 0.467 e. The van der Waals surface area contributed by atoms with Crippen LogP contribution in [0.1, 0.15) is 45.3 Å². The molecule has 1 saturated carbocycles. The number of aliphatic imine (C=N–C) groups is 1. The highest BCUT2D eigenvalue weighted by Gasteiger charge is 2.36. The molecule has 2 rings (SSSR count). The van der Waals surface area contributed by atoms with Crippen molar-refractivity contribution in [2.75, 3.05) is 27.2 Å². The molecule has 2 atom stereocenters. The second-order valence-corrected chi connectivity index (χ2v) is 6.95. The van der Waals surface area contributed by atoms with Gasteiger partial charge in [0.05, 0.1) is 6.26 Å². The zero-order valence-corrected chi connectivity index (χ0v) is 15.1. The Kier molecular flexibility index (Phi) is 6.51. The fourth-order valence-electron chi connectivity index (χ4n) is 3.51. The van der Waals surface area contributed by atoms with Gasteiger partial charge in [0.25, 0.3) is 0 Å². The Bertz CT molecular complexity index is 483. The molecule has 2 N–H and O–H groups in total. The van der Waals surface area contributed by atoms with Crippen molar-refractivity contribution in [2.24, 2.45) is 10.9 Å². The van der Waals surface area contributed by atoms with Gasteiger partial charge in [-0.3, -0.25) is 0 Å². The van der Waals surface area contributed by atoms with E-state index in [0.29, 0.717) is 6.54 Å². The van der Waals surface area contributed by atoms with Gasteiger partial charge in [-0.2, -0.15) is 0 Å². The average Bonchev–Trinajstić information content (AvgIpc) is 3.03. The average molecular weight is 320 g/mol. The molecule has 0 spiro atoms. The number of rotatable bonds is 6. The molecule has 23 heavy (non-hydrogen) atoms. The maximum Gasteiger partial charge on any atom is 0.191 e.